The molecule has 0 amide bonds. The Labute approximate surface area is 193 Å². The lowest BCUT2D eigenvalue weighted by Gasteiger charge is -2.18. The van der Waals surface area contributed by atoms with Crippen LogP contribution in [0.3, 0.4) is 0 Å². The second-order valence-corrected chi connectivity index (χ2v) is 8.68. The van der Waals surface area contributed by atoms with Gasteiger partial charge >= 0.3 is 0 Å². The van der Waals surface area contributed by atoms with Crippen molar-refractivity contribution in [2.45, 2.75) is 45.6 Å². The van der Waals surface area contributed by atoms with E-state index >= 15 is 0 Å². The Balaban J connectivity index is 1.40. The Morgan fingerprint density at radius 3 is 2.42 bits per heavy atom. The number of Topliss-reactive ketones (excluding diaryl/α,β-unsaturated/α-hetero) is 1. The van der Waals surface area contributed by atoms with Crippen LogP contribution in [-0.2, 0) is 6.42 Å². The maximum absolute atomic E-state index is 12.4. The second-order valence-electron chi connectivity index (χ2n) is 8.68. The van der Waals surface area contributed by atoms with E-state index in [-0.39, 0.29) is 11.4 Å². The molecular weight excluding hydrogens is 424 g/mol. The number of ether oxygens (including phenoxy) is 5. The lowest BCUT2D eigenvalue weighted by Crippen LogP contribution is -2.24. The number of methoxy groups -OCH3 is 2. The summed E-state index contributed by atoms with van der Waals surface area (Å²) in [5.74, 6) is 2.58. The van der Waals surface area contributed by atoms with Gasteiger partial charge in [-0.3, -0.25) is 4.79 Å². The molecule has 2 heterocycles. The molecule has 0 spiro atoms. The van der Waals surface area contributed by atoms with Gasteiger partial charge in [0.05, 0.1) is 39.1 Å². The highest BCUT2D eigenvalue weighted by Gasteiger charge is 2.32. The highest BCUT2D eigenvalue weighted by Crippen LogP contribution is 2.46. The molecule has 0 bridgehead atoms. The van der Waals surface area contributed by atoms with Gasteiger partial charge in [0, 0.05) is 12.0 Å². The lowest BCUT2D eigenvalue weighted by atomic mass is 10.0. The van der Waals surface area contributed by atoms with Crippen LogP contribution in [0, 0.1) is 0 Å². The summed E-state index contributed by atoms with van der Waals surface area (Å²) in [6.45, 7) is 6.54. The maximum Gasteiger partial charge on any atom is 0.205 e. The number of hydrogen-bond acceptors (Lipinski definition) is 7. The summed E-state index contributed by atoms with van der Waals surface area (Å²) in [6.07, 6.45) is 3.90. The van der Waals surface area contributed by atoms with Gasteiger partial charge in [-0.1, -0.05) is 12.1 Å². The molecule has 0 fully saturated rings. The number of carbonyl (C=O) groups is 1. The monoisotopic (exact) mass is 454 g/mol. The fourth-order valence-electron chi connectivity index (χ4n) is 4.23. The number of ketones is 1. The predicted octanol–water partition coefficient (Wildman–Crippen LogP) is 5.60. The zero-order valence-electron chi connectivity index (χ0n) is 19.8. The van der Waals surface area contributed by atoms with Crippen LogP contribution >= 0.6 is 0 Å². The van der Waals surface area contributed by atoms with Crippen LogP contribution in [0.1, 0.15) is 49.5 Å². The van der Waals surface area contributed by atoms with Crippen LogP contribution in [0.25, 0.3) is 11.0 Å². The topological polar surface area (TPSA) is 76.4 Å². The Morgan fingerprint density at radius 2 is 1.73 bits per heavy atom. The van der Waals surface area contributed by atoms with Gasteiger partial charge in [-0.2, -0.15) is 0 Å². The summed E-state index contributed by atoms with van der Waals surface area (Å²) in [5.41, 5.74) is 1.80. The Kier molecular flexibility index (Phi) is 6.40. The molecule has 2 aromatic carbocycles. The van der Waals surface area contributed by atoms with E-state index in [1.165, 1.54) is 33.0 Å². The summed E-state index contributed by atoms with van der Waals surface area (Å²) in [4.78, 5) is 12.4. The number of benzene rings is 2. The third-order valence-electron chi connectivity index (χ3n) is 5.63. The molecule has 0 aliphatic carbocycles. The zero-order valence-corrected chi connectivity index (χ0v) is 19.8. The minimum Gasteiger partial charge on any atom is -0.495 e. The van der Waals surface area contributed by atoms with Gasteiger partial charge in [0.15, 0.2) is 28.6 Å². The van der Waals surface area contributed by atoms with E-state index in [0.29, 0.717) is 47.0 Å². The third kappa shape index (κ3) is 4.45. The van der Waals surface area contributed by atoms with Crippen molar-refractivity contribution in [2.24, 2.45) is 0 Å². The average Bonchev–Trinajstić information content (AvgIpc) is 3.37. The van der Waals surface area contributed by atoms with E-state index in [4.69, 9.17) is 28.1 Å². The highest BCUT2D eigenvalue weighted by molar-refractivity contribution is 6.08. The molecule has 1 aliphatic rings. The molecule has 0 saturated carbocycles. The van der Waals surface area contributed by atoms with Crippen molar-refractivity contribution in [3.8, 4) is 28.7 Å². The van der Waals surface area contributed by atoms with Crippen molar-refractivity contribution < 1.29 is 32.9 Å². The molecule has 0 saturated heterocycles. The van der Waals surface area contributed by atoms with Crippen molar-refractivity contribution in [2.75, 3.05) is 27.4 Å². The van der Waals surface area contributed by atoms with Crippen LogP contribution in [0.2, 0.25) is 0 Å². The molecule has 7 heteroatoms. The predicted molar refractivity (Wildman–Crippen MR) is 124 cm³/mol. The van der Waals surface area contributed by atoms with E-state index in [1.54, 1.807) is 6.07 Å². The SMILES string of the molecule is COc1c(C(C)=O)c(OCCCCOc2cccc3c2OC(C)(C)C3)c(OC)c2occc12. The van der Waals surface area contributed by atoms with Gasteiger partial charge in [0.25, 0.3) is 0 Å². The largest absolute Gasteiger partial charge is 0.495 e. The molecule has 0 N–H and O–H groups in total. The molecule has 176 valence electrons. The average molecular weight is 455 g/mol. The van der Waals surface area contributed by atoms with Crippen LogP contribution < -0.4 is 23.7 Å². The van der Waals surface area contributed by atoms with Gasteiger partial charge in [0.2, 0.25) is 5.75 Å². The van der Waals surface area contributed by atoms with Gasteiger partial charge in [-0.25, -0.2) is 0 Å². The van der Waals surface area contributed by atoms with E-state index in [0.717, 1.165) is 30.8 Å². The number of hydrogen-bond donors (Lipinski definition) is 0. The quantitative estimate of drug-likeness (QED) is 0.291. The van der Waals surface area contributed by atoms with E-state index in [1.807, 2.05) is 12.1 Å². The van der Waals surface area contributed by atoms with Crippen LogP contribution in [-0.4, -0.2) is 38.8 Å². The first-order valence-corrected chi connectivity index (χ1v) is 11.1. The molecule has 33 heavy (non-hydrogen) atoms. The molecule has 0 unspecified atom stereocenters. The summed E-state index contributed by atoms with van der Waals surface area (Å²) in [5, 5.41) is 0.668. The fraction of sp³-hybridized carbons (Fsp3) is 0.423. The number of unbranched alkanes of at least 4 members (excludes halogenated alkanes) is 1. The molecule has 3 aromatic rings. The number of rotatable bonds is 10. The standard InChI is InChI=1S/C26H30O7/c1-16(27)20-22(28-4)18-11-14-32-23(18)25(29-5)24(20)31-13-7-6-12-30-19-10-8-9-17-15-26(2,3)33-21(17)19/h8-11,14H,6-7,12-13,15H2,1-5H3. The summed E-state index contributed by atoms with van der Waals surface area (Å²) >= 11 is 0. The molecule has 4 rings (SSSR count). The summed E-state index contributed by atoms with van der Waals surface area (Å²) in [7, 11) is 3.04. The lowest BCUT2D eigenvalue weighted by molar-refractivity contribution is 0.101. The fourth-order valence-corrected chi connectivity index (χ4v) is 4.23. The van der Waals surface area contributed by atoms with Crippen molar-refractivity contribution in [1.82, 2.24) is 0 Å². The minimum atomic E-state index is -0.209. The van der Waals surface area contributed by atoms with E-state index < -0.39 is 0 Å². The van der Waals surface area contributed by atoms with Crippen LogP contribution in [0.5, 0.6) is 28.7 Å². The normalized spacial score (nSPS) is 14.0. The Hall–Kier alpha value is -3.35. The molecule has 1 aliphatic heterocycles. The minimum absolute atomic E-state index is 0.174. The maximum atomic E-state index is 12.4. The van der Waals surface area contributed by atoms with Gasteiger partial charge < -0.3 is 28.1 Å². The van der Waals surface area contributed by atoms with Crippen molar-refractivity contribution in [3.63, 3.8) is 0 Å². The first-order chi connectivity index (χ1) is 15.9. The molecule has 1 aromatic heterocycles. The van der Waals surface area contributed by atoms with E-state index in [2.05, 4.69) is 19.9 Å². The molecule has 0 atom stereocenters. The van der Waals surface area contributed by atoms with Gasteiger partial charge in [0.1, 0.15) is 16.9 Å². The Bertz CT molecular complexity index is 1160. The molecule has 7 nitrogen and oxygen atoms in total. The van der Waals surface area contributed by atoms with Crippen molar-refractivity contribution in [3.05, 3.63) is 41.7 Å². The summed E-state index contributed by atoms with van der Waals surface area (Å²) in [6, 6.07) is 7.76. The highest BCUT2D eigenvalue weighted by atomic mass is 16.5. The van der Waals surface area contributed by atoms with Crippen LogP contribution in [0.4, 0.5) is 0 Å². The number of fused-ring (bicyclic) bond motifs is 2. The first-order valence-electron chi connectivity index (χ1n) is 11.1. The second kappa shape index (κ2) is 9.25. The first kappa shape index (κ1) is 22.8. The third-order valence-corrected chi connectivity index (χ3v) is 5.63. The number of furan rings is 1. The van der Waals surface area contributed by atoms with E-state index in [9.17, 15) is 4.79 Å². The zero-order chi connectivity index (χ0) is 23.6. The van der Waals surface area contributed by atoms with Crippen molar-refractivity contribution >= 4 is 16.8 Å². The molecular formula is C26H30O7. The smallest absolute Gasteiger partial charge is 0.205 e. The van der Waals surface area contributed by atoms with Crippen molar-refractivity contribution in [1.29, 1.82) is 0 Å². The number of para-hydroxylation sites is 1. The summed E-state index contributed by atoms with van der Waals surface area (Å²) < 4.78 is 34.7. The van der Waals surface area contributed by atoms with Crippen LogP contribution in [0.15, 0.2) is 34.9 Å². The number of carbonyl (C=O) groups excluding carboxylic acids is 1. The Morgan fingerprint density at radius 1 is 1.00 bits per heavy atom. The van der Waals surface area contributed by atoms with Gasteiger partial charge in [-0.15, -0.1) is 0 Å². The molecule has 0 radical (unpaired) electrons. The van der Waals surface area contributed by atoms with Gasteiger partial charge in [-0.05, 0) is 45.7 Å².